The average molecular weight is 449 g/mol. The molecule has 0 fully saturated rings. The first-order chi connectivity index (χ1) is 15.2. The molecule has 0 radical (unpaired) electrons. The summed E-state index contributed by atoms with van der Waals surface area (Å²) in [6, 6.07) is 22.3. The quantitative estimate of drug-likeness (QED) is 0.291. The van der Waals surface area contributed by atoms with Crippen molar-refractivity contribution in [3.63, 3.8) is 0 Å². The molecule has 2 heterocycles. The van der Waals surface area contributed by atoms with Crippen LogP contribution in [0.3, 0.4) is 0 Å². The summed E-state index contributed by atoms with van der Waals surface area (Å²) in [6.07, 6.45) is 3.07. The number of aromatic amines is 1. The molecule has 3 aromatic carbocycles. The van der Waals surface area contributed by atoms with Crippen LogP contribution in [-0.2, 0) is 19.5 Å². The highest BCUT2D eigenvalue weighted by Gasteiger charge is 2.10. The van der Waals surface area contributed by atoms with Crippen LogP contribution in [0.15, 0.2) is 72.9 Å². The van der Waals surface area contributed by atoms with Crippen LogP contribution in [0.2, 0.25) is 10.0 Å². The molecule has 156 valence electrons. The number of hydrogen-bond acceptors (Lipinski definition) is 2. The first-order valence-corrected chi connectivity index (χ1v) is 11.1. The van der Waals surface area contributed by atoms with Gasteiger partial charge in [-0.3, -0.25) is 0 Å². The third-order valence-electron chi connectivity index (χ3n) is 5.52. The normalized spacial score (nSPS) is 11.5. The largest absolute Gasteiger partial charge is 0.343 e. The van der Waals surface area contributed by atoms with E-state index in [0.29, 0.717) is 16.6 Å². The molecule has 0 bridgehead atoms. The number of nitrogens with zero attached hydrogens (tertiary/aromatic N) is 2. The minimum absolute atomic E-state index is 0.653. The third-order valence-corrected chi connectivity index (χ3v) is 6.11. The van der Waals surface area contributed by atoms with Crippen LogP contribution >= 0.6 is 23.2 Å². The molecule has 0 aliphatic rings. The van der Waals surface area contributed by atoms with Crippen molar-refractivity contribution in [2.24, 2.45) is 0 Å². The molecule has 0 unspecified atom stereocenters. The summed E-state index contributed by atoms with van der Waals surface area (Å²) in [5, 5.41) is 6.16. The molecular weight excluding hydrogens is 427 g/mol. The zero-order valence-electron chi connectivity index (χ0n) is 16.9. The van der Waals surface area contributed by atoms with Gasteiger partial charge in [0.15, 0.2) is 0 Å². The van der Waals surface area contributed by atoms with Gasteiger partial charge in [-0.1, -0.05) is 59.6 Å². The molecule has 2 N–H and O–H groups in total. The van der Waals surface area contributed by atoms with Crippen molar-refractivity contribution < 1.29 is 0 Å². The molecule has 0 spiro atoms. The van der Waals surface area contributed by atoms with Gasteiger partial charge in [-0.15, -0.1) is 0 Å². The first-order valence-electron chi connectivity index (χ1n) is 10.3. The van der Waals surface area contributed by atoms with Crippen LogP contribution < -0.4 is 5.32 Å². The van der Waals surface area contributed by atoms with Gasteiger partial charge < -0.3 is 14.9 Å². The second-order valence-electron chi connectivity index (χ2n) is 7.66. The van der Waals surface area contributed by atoms with Crippen molar-refractivity contribution in [3.8, 4) is 0 Å². The number of H-pyrrole nitrogens is 1. The lowest BCUT2D eigenvalue weighted by molar-refractivity contribution is 0.674. The van der Waals surface area contributed by atoms with E-state index in [1.807, 2.05) is 30.3 Å². The van der Waals surface area contributed by atoms with Gasteiger partial charge in [0.1, 0.15) is 5.82 Å². The Morgan fingerprint density at radius 2 is 1.77 bits per heavy atom. The maximum atomic E-state index is 6.41. The van der Waals surface area contributed by atoms with Crippen molar-refractivity contribution in [1.82, 2.24) is 19.9 Å². The minimum Gasteiger partial charge on any atom is -0.343 e. The maximum Gasteiger partial charge on any atom is 0.108 e. The van der Waals surface area contributed by atoms with Crippen LogP contribution in [0.25, 0.3) is 21.9 Å². The minimum atomic E-state index is 0.653. The summed E-state index contributed by atoms with van der Waals surface area (Å²) < 4.78 is 2.25. The number of nitrogens with one attached hydrogen (secondary N) is 2. The molecule has 2 aromatic heterocycles. The van der Waals surface area contributed by atoms with Gasteiger partial charge in [-0.2, -0.15) is 0 Å². The lowest BCUT2D eigenvalue weighted by atomic mass is 10.2. The molecule has 5 aromatic rings. The summed E-state index contributed by atoms with van der Waals surface area (Å²) in [4.78, 5) is 8.04. The Morgan fingerprint density at radius 3 is 2.65 bits per heavy atom. The van der Waals surface area contributed by atoms with Crippen LogP contribution in [0.1, 0.15) is 17.0 Å². The van der Waals surface area contributed by atoms with Crippen LogP contribution in [0.5, 0.6) is 0 Å². The van der Waals surface area contributed by atoms with Gasteiger partial charge in [0.05, 0.1) is 11.0 Å². The number of benzene rings is 3. The smallest absolute Gasteiger partial charge is 0.108 e. The number of aromatic nitrogens is 3. The fourth-order valence-corrected chi connectivity index (χ4v) is 4.45. The number of fused-ring (bicyclic) bond motifs is 2. The Morgan fingerprint density at radius 1 is 0.935 bits per heavy atom. The Bertz CT molecular complexity index is 1320. The van der Waals surface area contributed by atoms with Crippen molar-refractivity contribution in [2.75, 3.05) is 6.54 Å². The molecule has 5 rings (SSSR count). The SMILES string of the molecule is Clc1ccc(Cn2cc(CNCCc3nc4ccccc4[nH]3)c3ccccc32)c(Cl)c1. The van der Waals surface area contributed by atoms with Crippen LogP contribution in [0, 0.1) is 0 Å². The Hall–Kier alpha value is -2.79. The number of halogens is 2. The van der Waals surface area contributed by atoms with Crippen molar-refractivity contribution in [1.29, 1.82) is 0 Å². The highest BCUT2D eigenvalue weighted by Crippen LogP contribution is 2.26. The van der Waals surface area contributed by atoms with Gasteiger partial charge in [0.25, 0.3) is 0 Å². The number of imidazole rings is 1. The van der Waals surface area contributed by atoms with Gasteiger partial charge >= 0.3 is 0 Å². The summed E-state index contributed by atoms with van der Waals surface area (Å²) in [5.41, 5.74) is 5.62. The lowest BCUT2D eigenvalue weighted by Gasteiger charge is -2.08. The van der Waals surface area contributed by atoms with Crippen LogP contribution in [0.4, 0.5) is 0 Å². The molecule has 6 heteroatoms. The third kappa shape index (κ3) is 4.33. The van der Waals surface area contributed by atoms with E-state index in [0.717, 1.165) is 41.9 Å². The second kappa shape index (κ2) is 8.75. The monoisotopic (exact) mass is 448 g/mol. The lowest BCUT2D eigenvalue weighted by Crippen LogP contribution is -2.17. The van der Waals surface area contributed by atoms with Gasteiger partial charge in [0.2, 0.25) is 0 Å². The Balaban J connectivity index is 1.29. The predicted molar refractivity (Wildman–Crippen MR) is 129 cm³/mol. The van der Waals surface area contributed by atoms with E-state index in [1.54, 1.807) is 6.07 Å². The van der Waals surface area contributed by atoms with Gasteiger partial charge in [0, 0.05) is 53.2 Å². The zero-order chi connectivity index (χ0) is 21.2. The zero-order valence-corrected chi connectivity index (χ0v) is 18.4. The van der Waals surface area contributed by atoms with Crippen molar-refractivity contribution in [3.05, 3.63) is 99.9 Å². The summed E-state index contributed by atoms with van der Waals surface area (Å²) in [7, 11) is 0. The topological polar surface area (TPSA) is 45.6 Å². The molecule has 4 nitrogen and oxygen atoms in total. The van der Waals surface area contributed by atoms with E-state index in [9.17, 15) is 0 Å². The molecule has 0 saturated heterocycles. The highest BCUT2D eigenvalue weighted by molar-refractivity contribution is 6.35. The fraction of sp³-hybridized carbons (Fsp3) is 0.160. The number of para-hydroxylation sites is 3. The van der Waals surface area contributed by atoms with E-state index in [1.165, 1.54) is 16.5 Å². The predicted octanol–water partition coefficient (Wildman–Crippen LogP) is 6.21. The Labute approximate surface area is 190 Å². The van der Waals surface area contributed by atoms with E-state index < -0.39 is 0 Å². The number of hydrogen-bond donors (Lipinski definition) is 2. The van der Waals surface area contributed by atoms with Gasteiger partial charge in [-0.05, 0) is 41.5 Å². The van der Waals surface area contributed by atoms with E-state index >= 15 is 0 Å². The van der Waals surface area contributed by atoms with Crippen molar-refractivity contribution in [2.45, 2.75) is 19.5 Å². The standard InChI is InChI=1S/C25H22Cl2N4/c26-19-10-9-17(21(27)13-19)15-31-16-18(20-5-1-4-8-24(20)31)14-28-12-11-25-29-22-6-2-3-7-23(22)30-25/h1-10,13,16,28H,11-12,14-15H2,(H,29,30). The molecule has 0 atom stereocenters. The van der Waals surface area contributed by atoms with E-state index in [4.69, 9.17) is 23.2 Å². The van der Waals surface area contributed by atoms with Gasteiger partial charge in [-0.25, -0.2) is 4.98 Å². The second-order valence-corrected chi connectivity index (χ2v) is 8.51. The summed E-state index contributed by atoms with van der Waals surface area (Å²) in [5.74, 6) is 1.01. The van der Waals surface area contributed by atoms with E-state index in [-0.39, 0.29) is 0 Å². The summed E-state index contributed by atoms with van der Waals surface area (Å²) in [6.45, 7) is 2.35. The fourth-order valence-electron chi connectivity index (χ4n) is 3.98. The molecule has 0 amide bonds. The molecular formula is C25H22Cl2N4. The first kappa shape index (κ1) is 20.1. The Kier molecular flexibility index (Phi) is 5.68. The van der Waals surface area contributed by atoms with Crippen LogP contribution in [-0.4, -0.2) is 21.1 Å². The molecule has 0 aliphatic carbocycles. The van der Waals surface area contributed by atoms with Crippen molar-refractivity contribution >= 4 is 45.1 Å². The molecule has 0 saturated carbocycles. The average Bonchev–Trinajstić information content (AvgIpc) is 3.34. The summed E-state index contributed by atoms with van der Waals surface area (Å²) >= 11 is 12.5. The maximum absolute atomic E-state index is 6.41. The molecule has 0 aliphatic heterocycles. The highest BCUT2D eigenvalue weighted by atomic mass is 35.5. The molecule has 31 heavy (non-hydrogen) atoms. The van der Waals surface area contributed by atoms with E-state index in [2.05, 4.69) is 56.4 Å². The number of rotatable bonds is 7.